The summed E-state index contributed by atoms with van der Waals surface area (Å²) in [5, 5.41) is 5.91. The number of carbonyl (C=O) groups excluding carboxylic acids is 2. The number of anilines is 2. The van der Waals surface area contributed by atoms with Gasteiger partial charge >= 0.3 is 0 Å². The summed E-state index contributed by atoms with van der Waals surface area (Å²) in [6.07, 6.45) is 1.32. The quantitative estimate of drug-likeness (QED) is 0.746. The summed E-state index contributed by atoms with van der Waals surface area (Å²) in [5.74, 6) is -2.37. The number of amides is 2. The van der Waals surface area contributed by atoms with Crippen LogP contribution in [0.3, 0.4) is 0 Å². The predicted octanol–water partition coefficient (Wildman–Crippen LogP) is 4.31. The molecule has 1 fully saturated rings. The van der Waals surface area contributed by atoms with Crippen LogP contribution in [0.25, 0.3) is 0 Å². The van der Waals surface area contributed by atoms with Crippen molar-refractivity contribution in [3.05, 3.63) is 58.1 Å². The average Bonchev–Trinajstić information content (AvgIpc) is 3.08. The van der Waals surface area contributed by atoms with E-state index in [0.29, 0.717) is 34.8 Å². The van der Waals surface area contributed by atoms with Gasteiger partial charge in [0.25, 0.3) is 0 Å². The lowest BCUT2D eigenvalue weighted by Crippen LogP contribution is -2.43. The lowest BCUT2D eigenvalue weighted by molar-refractivity contribution is -0.122. The molecule has 2 aromatic carbocycles. The highest BCUT2D eigenvalue weighted by Gasteiger charge is 2.32. The molecule has 0 bridgehead atoms. The second-order valence-electron chi connectivity index (χ2n) is 6.41. The third-order valence-electron chi connectivity index (χ3n) is 4.41. The Labute approximate surface area is 170 Å². The molecule has 2 amide bonds. The van der Waals surface area contributed by atoms with Crippen molar-refractivity contribution in [1.82, 2.24) is 4.90 Å². The van der Waals surface area contributed by atoms with Crippen LogP contribution in [0.4, 0.5) is 20.2 Å². The van der Waals surface area contributed by atoms with Gasteiger partial charge in [0.15, 0.2) is 0 Å². The fourth-order valence-electron chi connectivity index (χ4n) is 3.08. The first-order valence-corrected chi connectivity index (χ1v) is 9.34. The van der Waals surface area contributed by atoms with Crippen LogP contribution < -0.4 is 10.6 Å². The van der Waals surface area contributed by atoms with Gasteiger partial charge in [-0.05, 0) is 49.7 Å². The molecule has 1 saturated heterocycles. The van der Waals surface area contributed by atoms with E-state index < -0.39 is 23.6 Å². The van der Waals surface area contributed by atoms with Crippen molar-refractivity contribution in [3.63, 3.8) is 0 Å². The van der Waals surface area contributed by atoms with Crippen molar-refractivity contribution in [2.45, 2.75) is 18.9 Å². The molecule has 148 valence electrons. The first-order valence-electron chi connectivity index (χ1n) is 8.58. The van der Waals surface area contributed by atoms with Gasteiger partial charge in [-0.15, -0.1) is 0 Å². The van der Waals surface area contributed by atoms with Crippen molar-refractivity contribution in [2.75, 3.05) is 23.7 Å². The van der Waals surface area contributed by atoms with Crippen LogP contribution in [0.2, 0.25) is 10.0 Å². The third-order valence-corrected chi connectivity index (χ3v) is 4.96. The smallest absolute Gasteiger partial charge is 0.241 e. The van der Waals surface area contributed by atoms with Crippen LogP contribution >= 0.6 is 23.2 Å². The minimum atomic E-state index is -0.860. The highest BCUT2D eigenvalue weighted by Crippen LogP contribution is 2.27. The average molecular weight is 428 g/mol. The van der Waals surface area contributed by atoms with Gasteiger partial charge in [0.1, 0.15) is 11.6 Å². The number of rotatable bonds is 5. The molecule has 2 N–H and O–H groups in total. The number of benzene rings is 2. The molecule has 1 atom stereocenters. The maximum absolute atomic E-state index is 13.7. The van der Waals surface area contributed by atoms with Gasteiger partial charge in [-0.3, -0.25) is 14.5 Å². The minimum absolute atomic E-state index is 0.0940. The monoisotopic (exact) mass is 427 g/mol. The van der Waals surface area contributed by atoms with Crippen molar-refractivity contribution in [2.24, 2.45) is 0 Å². The van der Waals surface area contributed by atoms with Gasteiger partial charge in [0, 0.05) is 11.1 Å². The summed E-state index contributed by atoms with van der Waals surface area (Å²) in [6.45, 7) is 0.453. The molecular formula is C19H17Cl2F2N3O2. The summed E-state index contributed by atoms with van der Waals surface area (Å²) < 4.78 is 26.6. The zero-order valence-corrected chi connectivity index (χ0v) is 16.2. The largest absolute Gasteiger partial charge is 0.323 e. The highest BCUT2D eigenvalue weighted by atomic mass is 35.5. The minimum Gasteiger partial charge on any atom is -0.323 e. The third kappa shape index (κ3) is 4.98. The first kappa shape index (κ1) is 20.5. The van der Waals surface area contributed by atoms with E-state index in [0.717, 1.165) is 18.6 Å². The topological polar surface area (TPSA) is 61.4 Å². The number of nitrogens with one attached hydrogen (secondary N) is 2. The summed E-state index contributed by atoms with van der Waals surface area (Å²) in [5.41, 5.74) is 0.320. The number of hydrogen-bond donors (Lipinski definition) is 2. The van der Waals surface area contributed by atoms with E-state index in [-0.39, 0.29) is 18.1 Å². The van der Waals surface area contributed by atoms with E-state index in [1.807, 2.05) is 0 Å². The molecule has 0 aliphatic carbocycles. The molecule has 0 unspecified atom stereocenters. The highest BCUT2D eigenvalue weighted by molar-refractivity contribution is 6.36. The first-order chi connectivity index (χ1) is 13.3. The Kier molecular flexibility index (Phi) is 6.49. The van der Waals surface area contributed by atoms with Gasteiger partial charge in [-0.2, -0.15) is 0 Å². The van der Waals surface area contributed by atoms with E-state index in [1.54, 1.807) is 17.0 Å². The van der Waals surface area contributed by atoms with Crippen molar-refractivity contribution >= 4 is 46.4 Å². The molecule has 28 heavy (non-hydrogen) atoms. The van der Waals surface area contributed by atoms with Gasteiger partial charge in [0.2, 0.25) is 11.8 Å². The summed E-state index contributed by atoms with van der Waals surface area (Å²) >= 11 is 11.9. The van der Waals surface area contributed by atoms with Gasteiger partial charge in [-0.25, -0.2) is 8.78 Å². The maximum Gasteiger partial charge on any atom is 0.241 e. The molecular weight excluding hydrogens is 411 g/mol. The molecule has 5 nitrogen and oxygen atoms in total. The summed E-state index contributed by atoms with van der Waals surface area (Å²) in [6, 6.07) is 7.12. The van der Waals surface area contributed by atoms with E-state index >= 15 is 0 Å². The standard InChI is InChI=1S/C19H17Cl2F2N3O2/c20-11-3-5-15(13(21)8-11)25-19(28)17-2-1-7-26(17)10-18(27)24-16-6-4-12(22)9-14(16)23/h3-6,8-9,17H,1-2,7,10H2,(H,24,27)(H,25,28)/t17-/m0/s1. The molecule has 0 spiro atoms. The van der Waals surface area contributed by atoms with E-state index in [2.05, 4.69) is 10.6 Å². The summed E-state index contributed by atoms with van der Waals surface area (Å²) in [4.78, 5) is 26.6. The zero-order chi connectivity index (χ0) is 20.3. The number of halogens is 4. The fraction of sp³-hybridized carbons (Fsp3) is 0.263. The van der Waals surface area contributed by atoms with Crippen molar-refractivity contribution < 1.29 is 18.4 Å². The lowest BCUT2D eigenvalue weighted by Gasteiger charge is -2.23. The fourth-order valence-corrected chi connectivity index (χ4v) is 3.54. The van der Waals surface area contributed by atoms with Crippen LogP contribution in [-0.4, -0.2) is 35.8 Å². The van der Waals surface area contributed by atoms with Crippen LogP contribution in [0.5, 0.6) is 0 Å². The van der Waals surface area contributed by atoms with Crippen LogP contribution in [-0.2, 0) is 9.59 Å². The molecule has 1 heterocycles. The summed E-state index contributed by atoms with van der Waals surface area (Å²) in [7, 11) is 0. The molecule has 1 aliphatic heterocycles. The van der Waals surface area contributed by atoms with Crippen molar-refractivity contribution in [1.29, 1.82) is 0 Å². The molecule has 2 aromatic rings. The van der Waals surface area contributed by atoms with Gasteiger partial charge in [-0.1, -0.05) is 23.2 Å². The molecule has 3 rings (SSSR count). The van der Waals surface area contributed by atoms with Crippen molar-refractivity contribution in [3.8, 4) is 0 Å². The van der Waals surface area contributed by atoms with Crippen LogP contribution in [0, 0.1) is 11.6 Å². The molecule has 1 aliphatic rings. The molecule has 0 radical (unpaired) electrons. The Morgan fingerprint density at radius 3 is 2.54 bits per heavy atom. The van der Waals surface area contributed by atoms with Gasteiger partial charge in [0.05, 0.1) is 29.0 Å². The van der Waals surface area contributed by atoms with E-state index in [4.69, 9.17) is 23.2 Å². The Morgan fingerprint density at radius 2 is 1.82 bits per heavy atom. The second kappa shape index (κ2) is 8.86. The van der Waals surface area contributed by atoms with Crippen LogP contribution in [0.1, 0.15) is 12.8 Å². The molecule has 0 saturated carbocycles. The predicted molar refractivity (Wildman–Crippen MR) is 105 cm³/mol. The Hall–Kier alpha value is -2.22. The number of nitrogens with zero attached hydrogens (tertiary/aromatic N) is 1. The van der Waals surface area contributed by atoms with Gasteiger partial charge < -0.3 is 10.6 Å². The normalized spacial score (nSPS) is 16.8. The number of carbonyl (C=O) groups is 2. The lowest BCUT2D eigenvalue weighted by atomic mass is 10.2. The van der Waals surface area contributed by atoms with E-state index in [9.17, 15) is 18.4 Å². The maximum atomic E-state index is 13.7. The number of likely N-dealkylation sites (tertiary alicyclic amines) is 1. The Bertz CT molecular complexity index is 911. The molecule has 9 heteroatoms. The number of hydrogen-bond acceptors (Lipinski definition) is 3. The van der Waals surface area contributed by atoms with E-state index in [1.165, 1.54) is 6.07 Å². The second-order valence-corrected chi connectivity index (χ2v) is 7.26. The van der Waals surface area contributed by atoms with Crippen LogP contribution in [0.15, 0.2) is 36.4 Å². The molecule has 0 aromatic heterocycles. The zero-order valence-electron chi connectivity index (χ0n) is 14.6. The SMILES string of the molecule is O=C(CN1CCC[C@H]1C(=O)Nc1ccc(Cl)cc1Cl)Nc1ccc(F)cc1F. The Balaban J connectivity index is 1.62. The Morgan fingerprint density at radius 1 is 1.07 bits per heavy atom.